The van der Waals surface area contributed by atoms with E-state index in [-0.39, 0.29) is 37.1 Å². The SMILES string of the molecule is O=C1NC(c2ccc(-c3ccc(-c4nc5nc(O[C@@H]6CO[C@H]7[C@@H]6OC[C@H]7O)[nH]c5cc4Cl)cc3)cc2)NO1. The van der Waals surface area contributed by atoms with Gasteiger partial charge < -0.3 is 29.1 Å². The van der Waals surface area contributed by atoms with E-state index in [4.69, 9.17) is 30.6 Å². The average Bonchev–Trinajstić information content (AvgIpc) is 3.71. The zero-order valence-corrected chi connectivity index (χ0v) is 20.5. The minimum Gasteiger partial charge on any atom is -0.456 e. The van der Waals surface area contributed by atoms with Gasteiger partial charge in [-0.2, -0.15) is 4.98 Å². The highest BCUT2D eigenvalue weighted by molar-refractivity contribution is 6.33. The fraction of sp³-hybridized carbons (Fsp3) is 0.269. The van der Waals surface area contributed by atoms with Crippen LogP contribution in [0.5, 0.6) is 6.01 Å². The Morgan fingerprint density at radius 2 is 1.66 bits per heavy atom. The molecule has 0 bridgehead atoms. The second kappa shape index (κ2) is 9.22. The van der Waals surface area contributed by atoms with Crippen LogP contribution >= 0.6 is 11.6 Å². The number of nitrogens with one attached hydrogen (secondary N) is 3. The molecule has 4 aromatic rings. The molecule has 3 aliphatic heterocycles. The molecule has 1 amide bonds. The van der Waals surface area contributed by atoms with Crippen LogP contribution in [-0.4, -0.2) is 63.8 Å². The van der Waals surface area contributed by atoms with Crippen molar-refractivity contribution < 1.29 is 28.9 Å². The van der Waals surface area contributed by atoms with Crippen LogP contribution in [0.2, 0.25) is 5.02 Å². The third-order valence-corrected chi connectivity index (χ3v) is 7.21. The van der Waals surface area contributed by atoms with Crippen LogP contribution in [-0.2, 0) is 14.3 Å². The van der Waals surface area contributed by atoms with Gasteiger partial charge in [-0.1, -0.05) is 60.1 Å². The topological polar surface area (TPSA) is 140 Å². The highest BCUT2D eigenvalue weighted by atomic mass is 35.5. The molecule has 0 spiro atoms. The summed E-state index contributed by atoms with van der Waals surface area (Å²) in [6, 6.07) is 17.8. The van der Waals surface area contributed by atoms with E-state index < -0.39 is 12.2 Å². The first-order valence-electron chi connectivity index (χ1n) is 12.1. The largest absolute Gasteiger partial charge is 0.456 e. The molecule has 5 atom stereocenters. The van der Waals surface area contributed by atoms with Crippen molar-refractivity contribution >= 4 is 28.9 Å². The number of hydroxylamine groups is 1. The maximum atomic E-state index is 11.2. The summed E-state index contributed by atoms with van der Waals surface area (Å²) in [6.07, 6.45) is -2.62. The van der Waals surface area contributed by atoms with E-state index in [9.17, 15) is 9.90 Å². The summed E-state index contributed by atoms with van der Waals surface area (Å²) in [5.74, 6) is 0. The predicted molar refractivity (Wildman–Crippen MR) is 135 cm³/mol. The molecule has 3 saturated heterocycles. The number of carbonyl (C=O) groups excluding carboxylic acids is 1. The van der Waals surface area contributed by atoms with Crippen molar-refractivity contribution in [1.82, 2.24) is 25.7 Å². The quantitative estimate of drug-likeness (QED) is 0.303. The Labute approximate surface area is 221 Å². The minimum atomic E-state index is -0.647. The number of imidazole rings is 1. The van der Waals surface area contributed by atoms with Gasteiger partial charge in [-0.05, 0) is 22.8 Å². The number of benzene rings is 2. The van der Waals surface area contributed by atoms with Crippen molar-refractivity contribution in [2.45, 2.75) is 30.6 Å². The van der Waals surface area contributed by atoms with E-state index in [2.05, 4.69) is 25.7 Å². The number of pyridine rings is 1. The molecule has 12 heteroatoms. The van der Waals surface area contributed by atoms with Crippen molar-refractivity contribution in [2.75, 3.05) is 13.2 Å². The van der Waals surface area contributed by atoms with Gasteiger partial charge >= 0.3 is 6.09 Å². The van der Waals surface area contributed by atoms with Crippen LogP contribution < -0.4 is 15.5 Å². The fourth-order valence-electron chi connectivity index (χ4n) is 4.97. The van der Waals surface area contributed by atoms with Gasteiger partial charge in [-0.3, -0.25) is 5.32 Å². The lowest BCUT2D eigenvalue weighted by Gasteiger charge is -2.15. The van der Waals surface area contributed by atoms with Gasteiger partial charge in [0.25, 0.3) is 6.01 Å². The number of amides is 1. The van der Waals surface area contributed by atoms with Gasteiger partial charge in [0, 0.05) is 5.56 Å². The summed E-state index contributed by atoms with van der Waals surface area (Å²) in [7, 11) is 0. The predicted octanol–water partition coefficient (Wildman–Crippen LogP) is 3.09. The molecular weight excluding hydrogens is 514 g/mol. The number of rotatable bonds is 5. The molecule has 0 radical (unpaired) electrons. The molecule has 5 heterocycles. The highest BCUT2D eigenvalue weighted by Crippen LogP contribution is 2.33. The Balaban J connectivity index is 1.09. The number of aromatic nitrogens is 3. The van der Waals surface area contributed by atoms with Crippen LogP contribution in [0.3, 0.4) is 0 Å². The molecule has 2 aromatic heterocycles. The molecule has 194 valence electrons. The van der Waals surface area contributed by atoms with E-state index in [1.54, 1.807) is 6.07 Å². The average molecular weight is 536 g/mol. The van der Waals surface area contributed by atoms with E-state index in [0.29, 0.717) is 28.5 Å². The molecule has 11 nitrogen and oxygen atoms in total. The number of halogens is 1. The first-order valence-corrected chi connectivity index (χ1v) is 12.5. The minimum absolute atomic E-state index is 0.229. The Hall–Kier alpha value is -3.74. The van der Waals surface area contributed by atoms with Gasteiger partial charge in [0.05, 0.1) is 29.4 Å². The number of hydrogen-bond acceptors (Lipinski definition) is 9. The maximum absolute atomic E-state index is 11.2. The smallest absolute Gasteiger partial charge is 0.427 e. The zero-order valence-electron chi connectivity index (χ0n) is 19.8. The van der Waals surface area contributed by atoms with Crippen molar-refractivity contribution in [2.24, 2.45) is 0 Å². The Kier molecular flexibility index (Phi) is 5.68. The van der Waals surface area contributed by atoms with E-state index in [1.165, 1.54) is 0 Å². The molecule has 0 aliphatic carbocycles. The van der Waals surface area contributed by atoms with Crippen molar-refractivity contribution in [3.8, 4) is 28.4 Å². The maximum Gasteiger partial charge on any atom is 0.427 e. The number of aliphatic hydroxyl groups is 1. The number of hydrogen-bond donors (Lipinski definition) is 4. The third kappa shape index (κ3) is 4.14. The van der Waals surface area contributed by atoms with Crippen LogP contribution in [0.4, 0.5) is 4.79 Å². The van der Waals surface area contributed by atoms with Gasteiger partial charge in [-0.15, -0.1) is 5.48 Å². The standard InChI is InChI=1S/C26H22ClN5O6/c27-16-9-17-24(30-25(28-17)37-19-11-36-21-18(33)10-35-22(19)21)29-20(16)14-5-1-12(2-6-14)13-3-7-15(8-4-13)23-31-26(34)38-32-23/h1-9,18-19,21-23,32-33H,10-11H2,(H,31,34)(H,28,29,30)/t18-,19-,21-,22-,23?/m1/s1. The highest BCUT2D eigenvalue weighted by Gasteiger charge is 2.48. The molecule has 3 aliphatic rings. The fourth-order valence-corrected chi connectivity index (χ4v) is 5.23. The summed E-state index contributed by atoms with van der Waals surface area (Å²) in [6.45, 7) is 0.535. The Bertz CT molecular complexity index is 1510. The number of carbonyl (C=O) groups is 1. The zero-order chi connectivity index (χ0) is 25.8. The number of aliphatic hydroxyl groups excluding tert-OH is 1. The summed E-state index contributed by atoms with van der Waals surface area (Å²) in [5, 5.41) is 13.1. The van der Waals surface area contributed by atoms with E-state index in [0.717, 1.165) is 22.3 Å². The third-order valence-electron chi connectivity index (χ3n) is 6.92. The monoisotopic (exact) mass is 535 g/mol. The number of ether oxygens (including phenoxy) is 3. The number of aromatic amines is 1. The summed E-state index contributed by atoms with van der Waals surface area (Å²) in [4.78, 5) is 28.2. The van der Waals surface area contributed by atoms with Crippen molar-refractivity contribution in [3.63, 3.8) is 0 Å². The van der Waals surface area contributed by atoms with E-state index in [1.807, 2.05) is 48.5 Å². The molecule has 0 saturated carbocycles. The van der Waals surface area contributed by atoms with Crippen LogP contribution in [0.15, 0.2) is 54.6 Å². The Morgan fingerprint density at radius 3 is 2.39 bits per heavy atom. The normalized spacial score (nSPS) is 26.4. The number of H-pyrrole nitrogens is 1. The van der Waals surface area contributed by atoms with Crippen molar-refractivity contribution in [1.29, 1.82) is 0 Å². The number of fused-ring (bicyclic) bond motifs is 2. The number of nitrogens with zero attached hydrogens (tertiary/aromatic N) is 2. The van der Waals surface area contributed by atoms with Crippen LogP contribution in [0.1, 0.15) is 11.7 Å². The second-order valence-electron chi connectivity index (χ2n) is 9.34. The first-order chi connectivity index (χ1) is 18.5. The molecular formula is C26H22ClN5O6. The second-order valence-corrected chi connectivity index (χ2v) is 9.74. The molecule has 38 heavy (non-hydrogen) atoms. The molecule has 1 unspecified atom stereocenters. The van der Waals surface area contributed by atoms with Gasteiger partial charge in [0.2, 0.25) is 0 Å². The molecule has 4 N–H and O–H groups in total. The van der Waals surface area contributed by atoms with Crippen molar-refractivity contribution in [3.05, 3.63) is 65.2 Å². The lowest BCUT2D eigenvalue weighted by Crippen LogP contribution is -2.34. The molecule has 7 rings (SSSR count). The lowest BCUT2D eigenvalue weighted by atomic mass is 10.0. The summed E-state index contributed by atoms with van der Waals surface area (Å²) in [5.41, 5.74) is 8.13. The van der Waals surface area contributed by atoms with E-state index >= 15 is 0 Å². The van der Waals surface area contributed by atoms with Gasteiger partial charge in [0.15, 0.2) is 11.8 Å². The van der Waals surface area contributed by atoms with Crippen LogP contribution in [0.25, 0.3) is 33.5 Å². The first kappa shape index (κ1) is 23.4. The Morgan fingerprint density at radius 1 is 0.947 bits per heavy atom. The summed E-state index contributed by atoms with van der Waals surface area (Å²) < 4.78 is 17.2. The molecule has 3 fully saturated rings. The van der Waals surface area contributed by atoms with Crippen LogP contribution in [0, 0.1) is 0 Å². The summed E-state index contributed by atoms with van der Waals surface area (Å²) >= 11 is 6.59. The lowest BCUT2D eigenvalue weighted by molar-refractivity contribution is 0.00706. The van der Waals surface area contributed by atoms with Gasteiger partial charge in [-0.25, -0.2) is 9.78 Å². The molecule has 2 aromatic carbocycles. The van der Waals surface area contributed by atoms with Gasteiger partial charge in [0.1, 0.15) is 24.5 Å².